The van der Waals surface area contributed by atoms with Gasteiger partial charge in [0.1, 0.15) is 11.8 Å². The molecule has 0 bridgehead atoms. The number of nitrogens with one attached hydrogen (secondary N) is 1. The molecule has 1 aliphatic rings. The van der Waals surface area contributed by atoms with Gasteiger partial charge in [-0.25, -0.2) is 4.79 Å². The molecule has 1 aromatic rings. The second-order valence-electron chi connectivity index (χ2n) is 3.89. The summed E-state index contributed by atoms with van der Waals surface area (Å²) in [5.41, 5.74) is 0. The highest BCUT2D eigenvalue weighted by atomic mass is 16.4. The fourth-order valence-corrected chi connectivity index (χ4v) is 1.84. The molecule has 1 fully saturated rings. The summed E-state index contributed by atoms with van der Waals surface area (Å²) in [5.74, 6) is -0.568. The number of piperazine rings is 1. The summed E-state index contributed by atoms with van der Waals surface area (Å²) in [5, 5.41) is 20.8. The Morgan fingerprint density at radius 1 is 1.71 bits per heavy atom. The number of carboxylic acids is 1. The molecular formula is C11H13N3O3. The van der Waals surface area contributed by atoms with Crippen molar-refractivity contribution in [2.75, 3.05) is 19.6 Å². The summed E-state index contributed by atoms with van der Waals surface area (Å²) in [6.45, 7) is 2.67. The van der Waals surface area contributed by atoms with E-state index in [0.717, 1.165) is 13.1 Å². The van der Waals surface area contributed by atoms with Gasteiger partial charge in [-0.15, -0.1) is 0 Å². The molecule has 0 spiro atoms. The molecule has 1 saturated heterocycles. The van der Waals surface area contributed by atoms with Crippen molar-refractivity contribution in [2.24, 2.45) is 0 Å². The van der Waals surface area contributed by atoms with E-state index in [2.05, 4.69) is 11.4 Å². The second-order valence-corrected chi connectivity index (χ2v) is 3.89. The predicted octanol–water partition coefficient (Wildman–Crippen LogP) is 0.275. The predicted molar refractivity (Wildman–Crippen MR) is 58.3 cm³/mol. The molecule has 1 unspecified atom stereocenters. The Bertz CT molecular complexity index is 449. The van der Waals surface area contributed by atoms with Crippen LogP contribution in [0.5, 0.6) is 0 Å². The third-order valence-corrected chi connectivity index (χ3v) is 2.73. The lowest BCUT2D eigenvalue weighted by Gasteiger charge is -2.30. The van der Waals surface area contributed by atoms with Crippen LogP contribution < -0.4 is 5.32 Å². The minimum Gasteiger partial charge on any atom is -0.475 e. The Kier molecular flexibility index (Phi) is 3.42. The quantitative estimate of drug-likeness (QED) is 0.782. The van der Waals surface area contributed by atoms with Crippen molar-refractivity contribution < 1.29 is 14.3 Å². The SMILES string of the molecule is N#CC1CNCCN1Cc1ccc(C(=O)O)o1. The van der Waals surface area contributed by atoms with Crippen LogP contribution in [0.2, 0.25) is 0 Å². The van der Waals surface area contributed by atoms with Crippen LogP contribution in [-0.2, 0) is 6.54 Å². The van der Waals surface area contributed by atoms with E-state index >= 15 is 0 Å². The van der Waals surface area contributed by atoms with Crippen molar-refractivity contribution in [3.8, 4) is 6.07 Å². The fraction of sp³-hybridized carbons (Fsp3) is 0.455. The smallest absolute Gasteiger partial charge is 0.371 e. The maximum Gasteiger partial charge on any atom is 0.371 e. The zero-order chi connectivity index (χ0) is 12.3. The van der Waals surface area contributed by atoms with Crippen LogP contribution in [0.4, 0.5) is 0 Å². The van der Waals surface area contributed by atoms with Crippen LogP contribution in [0.1, 0.15) is 16.3 Å². The molecular weight excluding hydrogens is 222 g/mol. The molecule has 6 heteroatoms. The largest absolute Gasteiger partial charge is 0.475 e. The van der Waals surface area contributed by atoms with Crippen molar-refractivity contribution in [1.82, 2.24) is 10.2 Å². The van der Waals surface area contributed by atoms with Gasteiger partial charge in [-0.3, -0.25) is 4.90 Å². The fourth-order valence-electron chi connectivity index (χ4n) is 1.84. The van der Waals surface area contributed by atoms with Crippen LogP contribution >= 0.6 is 0 Å². The zero-order valence-electron chi connectivity index (χ0n) is 9.22. The van der Waals surface area contributed by atoms with Gasteiger partial charge in [0.05, 0.1) is 12.6 Å². The summed E-state index contributed by atoms with van der Waals surface area (Å²) in [6.07, 6.45) is 0. The summed E-state index contributed by atoms with van der Waals surface area (Å²) in [6, 6.07) is 5.09. The van der Waals surface area contributed by atoms with Crippen LogP contribution in [0.15, 0.2) is 16.5 Å². The van der Waals surface area contributed by atoms with E-state index < -0.39 is 5.97 Å². The second kappa shape index (κ2) is 4.99. The molecule has 1 aliphatic heterocycles. The molecule has 0 aliphatic carbocycles. The van der Waals surface area contributed by atoms with Gasteiger partial charge in [0.25, 0.3) is 0 Å². The number of rotatable bonds is 3. The Hall–Kier alpha value is -1.84. The molecule has 1 atom stereocenters. The Morgan fingerprint density at radius 2 is 2.53 bits per heavy atom. The molecule has 2 rings (SSSR count). The highest BCUT2D eigenvalue weighted by molar-refractivity contribution is 5.84. The summed E-state index contributed by atoms with van der Waals surface area (Å²) < 4.78 is 5.17. The Morgan fingerprint density at radius 3 is 3.18 bits per heavy atom. The topological polar surface area (TPSA) is 89.5 Å². The first kappa shape index (κ1) is 11.6. The number of nitrogens with zero attached hydrogens (tertiary/aromatic N) is 2. The van der Waals surface area contributed by atoms with Gasteiger partial charge in [0.2, 0.25) is 5.76 Å². The normalized spacial score (nSPS) is 21.0. The van der Waals surface area contributed by atoms with Gasteiger partial charge in [-0.05, 0) is 12.1 Å². The highest BCUT2D eigenvalue weighted by Gasteiger charge is 2.23. The summed E-state index contributed by atoms with van der Waals surface area (Å²) in [4.78, 5) is 12.6. The summed E-state index contributed by atoms with van der Waals surface area (Å²) >= 11 is 0. The van der Waals surface area contributed by atoms with Crippen molar-refractivity contribution in [1.29, 1.82) is 5.26 Å². The molecule has 90 valence electrons. The van der Waals surface area contributed by atoms with Gasteiger partial charge in [-0.1, -0.05) is 0 Å². The minimum atomic E-state index is -1.08. The third kappa shape index (κ3) is 2.64. The number of carboxylic acid groups (broad SMARTS) is 1. The van der Waals surface area contributed by atoms with E-state index in [1.165, 1.54) is 6.07 Å². The molecule has 1 aromatic heterocycles. The van der Waals surface area contributed by atoms with Crippen LogP contribution in [0, 0.1) is 11.3 Å². The van der Waals surface area contributed by atoms with Crippen molar-refractivity contribution in [2.45, 2.75) is 12.6 Å². The van der Waals surface area contributed by atoms with Gasteiger partial charge >= 0.3 is 5.97 Å². The molecule has 0 radical (unpaired) electrons. The standard InChI is InChI=1S/C11H13N3O3/c12-5-8-6-13-3-4-14(8)7-9-1-2-10(17-9)11(15)16/h1-2,8,13H,3-4,6-7H2,(H,15,16). The molecule has 2 N–H and O–H groups in total. The molecule has 0 aromatic carbocycles. The molecule has 2 heterocycles. The van der Waals surface area contributed by atoms with E-state index in [9.17, 15) is 4.79 Å². The molecule has 6 nitrogen and oxygen atoms in total. The number of aromatic carboxylic acids is 1. The maximum absolute atomic E-state index is 10.7. The lowest BCUT2D eigenvalue weighted by molar-refractivity contribution is 0.0657. The Balaban J connectivity index is 2.03. The van der Waals surface area contributed by atoms with Crippen molar-refractivity contribution >= 4 is 5.97 Å². The maximum atomic E-state index is 10.7. The third-order valence-electron chi connectivity index (χ3n) is 2.73. The van der Waals surface area contributed by atoms with E-state index in [-0.39, 0.29) is 11.8 Å². The van der Waals surface area contributed by atoms with E-state index in [1.54, 1.807) is 6.07 Å². The zero-order valence-corrected chi connectivity index (χ0v) is 9.22. The average Bonchev–Trinajstić information content (AvgIpc) is 2.78. The van der Waals surface area contributed by atoms with Crippen molar-refractivity contribution in [3.63, 3.8) is 0 Å². The number of hydrogen-bond acceptors (Lipinski definition) is 5. The van der Waals surface area contributed by atoms with Crippen LogP contribution in [0.25, 0.3) is 0 Å². The first-order valence-electron chi connectivity index (χ1n) is 5.37. The molecule has 0 amide bonds. The van der Waals surface area contributed by atoms with Gasteiger partial charge in [0, 0.05) is 19.6 Å². The van der Waals surface area contributed by atoms with Gasteiger partial charge in [0.15, 0.2) is 0 Å². The Labute approximate surface area is 98.4 Å². The number of hydrogen-bond donors (Lipinski definition) is 2. The van der Waals surface area contributed by atoms with Crippen LogP contribution in [-0.4, -0.2) is 41.7 Å². The summed E-state index contributed by atoms with van der Waals surface area (Å²) in [7, 11) is 0. The lowest BCUT2D eigenvalue weighted by atomic mass is 10.2. The van der Waals surface area contributed by atoms with E-state index in [4.69, 9.17) is 14.8 Å². The molecule has 17 heavy (non-hydrogen) atoms. The van der Waals surface area contributed by atoms with Gasteiger partial charge < -0.3 is 14.8 Å². The average molecular weight is 235 g/mol. The van der Waals surface area contributed by atoms with E-state index in [1.807, 2.05) is 4.90 Å². The number of nitriles is 1. The first-order valence-corrected chi connectivity index (χ1v) is 5.37. The number of carbonyl (C=O) groups is 1. The number of furan rings is 1. The minimum absolute atomic E-state index is 0.0661. The van der Waals surface area contributed by atoms with E-state index in [0.29, 0.717) is 18.8 Å². The highest BCUT2D eigenvalue weighted by Crippen LogP contribution is 2.13. The monoisotopic (exact) mass is 235 g/mol. The van der Waals surface area contributed by atoms with Gasteiger partial charge in [-0.2, -0.15) is 5.26 Å². The first-order chi connectivity index (χ1) is 8.20. The molecule has 0 saturated carbocycles. The lowest BCUT2D eigenvalue weighted by Crippen LogP contribution is -2.49. The van der Waals surface area contributed by atoms with Crippen LogP contribution in [0.3, 0.4) is 0 Å². The van der Waals surface area contributed by atoms with Crippen molar-refractivity contribution in [3.05, 3.63) is 23.7 Å².